The van der Waals surface area contributed by atoms with Crippen molar-refractivity contribution in [3.8, 4) is 0 Å². The number of halogens is 4. The lowest BCUT2D eigenvalue weighted by atomic mass is 10.1. The van der Waals surface area contributed by atoms with E-state index in [0.29, 0.717) is 6.07 Å². The van der Waals surface area contributed by atoms with Crippen LogP contribution in [-0.4, -0.2) is 5.16 Å². The minimum absolute atomic E-state index is 0.178. The Hall–Kier alpha value is -1.79. The van der Waals surface area contributed by atoms with Gasteiger partial charge in [-0.2, -0.15) is 13.2 Å². The fraction of sp³-hybridized carbons (Fsp3) is 0.300. The van der Waals surface area contributed by atoms with Crippen LogP contribution in [0.5, 0.6) is 0 Å². The van der Waals surface area contributed by atoms with Gasteiger partial charge >= 0.3 is 6.18 Å². The van der Waals surface area contributed by atoms with Gasteiger partial charge in [-0.25, -0.2) is 4.39 Å². The first-order valence-corrected chi connectivity index (χ1v) is 4.81. The molecule has 0 fully saturated rings. The maximum atomic E-state index is 12.9. The number of hydrogen-bond acceptors (Lipinski definition) is 3. The Bertz CT molecular complexity index is 519. The fourth-order valence-electron chi connectivity index (χ4n) is 1.25. The molecule has 2 aromatic rings. The van der Waals surface area contributed by atoms with Crippen LogP contribution in [0.25, 0.3) is 10.9 Å². The third-order valence-corrected chi connectivity index (χ3v) is 1.88. The molecule has 0 amide bonds. The summed E-state index contributed by atoms with van der Waals surface area (Å²) in [5, 5.41) is 2.96. The van der Waals surface area contributed by atoms with Crippen LogP contribution in [0.1, 0.15) is 19.4 Å². The molecule has 1 aromatic heterocycles. The number of rotatable bonds is 0. The van der Waals surface area contributed by atoms with E-state index < -0.39 is 23.1 Å². The van der Waals surface area contributed by atoms with Crippen LogP contribution in [0.3, 0.4) is 0 Å². The Labute approximate surface area is 94.2 Å². The number of benzene rings is 1. The molecule has 0 unspecified atom stereocenters. The molecule has 0 bridgehead atoms. The third kappa shape index (κ3) is 2.48. The van der Waals surface area contributed by atoms with Gasteiger partial charge in [-0.15, -0.1) is 0 Å². The van der Waals surface area contributed by atoms with Gasteiger partial charge in [0.25, 0.3) is 0 Å². The smallest absolute Gasteiger partial charge is 0.367 e. The predicted molar refractivity (Wildman–Crippen MR) is 54.7 cm³/mol. The van der Waals surface area contributed by atoms with Crippen molar-refractivity contribution in [3.05, 3.63) is 23.5 Å². The van der Waals surface area contributed by atoms with Crippen molar-refractivity contribution < 1.29 is 22.1 Å². The first-order valence-electron chi connectivity index (χ1n) is 4.81. The molecule has 0 atom stereocenters. The van der Waals surface area contributed by atoms with Gasteiger partial charge in [-0.1, -0.05) is 19.0 Å². The van der Waals surface area contributed by atoms with Gasteiger partial charge in [0.2, 0.25) is 5.88 Å². The minimum atomic E-state index is -4.69. The third-order valence-electron chi connectivity index (χ3n) is 1.88. The van der Waals surface area contributed by atoms with Gasteiger partial charge in [0.1, 0.15) is 11.3 Å². The largest absolute Gasteiger partial charge is 0.418 e. The van der Waals surface area contributed by atoms with Crippen LogP contribution in [-0.2, 0) is 6.18 Å². The lowest BCUT2D eigenvalue weighted by Crippen LogP contribution is -2.06. The Morgan fingerprint density at radius 3 is 2.35 bits per heavy atom. The summed E-state index contributed by atoms with van der Waals surface area (Å²) in [7, 11) is 0. The van der Waals surface area contributed by atoms with Gasteiger partial charge in [0.05, 0.1) is 10.9 Å². The number of nitrogens with zero attached hydrogens (tertiary/aromatic N) is 1. The second-order valence-electron chi connectivity index (χ2n) is 2.89. The van der Waals surface area contributed by atoms with Crippen LogP contribution in [0.2, 0.25) is 0 Å². The quantitative estimate of drug-likeness (QED) is 0.727. The zero-order valence-corrected chi connectivity index (χ0v) is 9.10. The van der Waals surface area contributed by atoms with Gasteiger partial charge < -0.3 is 10.3 Å². The average Bonchev–Trinajstić information content (AvgIpc) is 2.61. The molecule has 2 rings (SSSR count). The zero-order valence-electron chi connectivity index (χ0n) is 9.10. The molecular weight excluding hydrogens is 240 g/mol. The van der Waals surface area contributed by atoms with E-state index in [1.165, 1.54) is 0 Å². The summed E-state index contributed by atoms with van der Waals surface area (Å²) in [6.45, 7) is 4.00. The molecule has 3 nitrogen and oxygen atoms in total. The first-order chi connectivity index (χ1) is 7.89. The molecule has 2 N–H and O–H groups in total. The molecule has 0 aliphatic rings. The van der Waals surface area contributed by atoms with E-state index in [0.717, 1.165) is 6.07 Å². The summed E-state index contributed by atoms with van der Waals surface area (Å²) in [5.41, 5.74) is 3.51. The molecule has 7 heteroatoms. The van der Waals surface area contributed by atoms with Crippen molar-refractivity contribution >= 4 is 16.8 Å². The fourth-order valence-corrected chi connectivity index (χ4v) is 1.25. The molecule has 94 valence electrons. The molecule has 0 saturated heterocycles. The first kappa shape index (κ1) is 13.3. The van der Waals surface area contributed by atoms with E-state index in [1.54, 1.807) is 0 Å². The van der Waals surface area contributed by atoms with E-state index in [4.69, 9.17) is 5.73 Å². The number of nitrogens with two attached hydrogens (primary N) is 1. The normalized spacial score (nSPS) is 11.2. The summed E-state index contributed by atoms with van der Waals surface area (Å²) in [4.78, 5) is 0. The van der Waals surface area contributed by atoms with Gasteiger partial charge in [-0.3, -0.25) is 0 Å². The topological polar surface area (TPSA) is 52.0 Å². The summed E-state index contributed by atoms with van der Waals surface area (Å²) in [6.07, 6.45) is -4.69. The molecule has 0 radical (unpaired) electrons. The van der Waals surface area contributed by atoms with E-state index in [1.807, 2.05) is 13.8 Å². The van der Waals surface area contributed by atoms with Crippen LogP contribution in [0.15, 0.2) is 16.7 Å². The van der Waals surface area contributed by atoms with Crippen molar-refractivity contribution in [1.82, 2.24) is 5.16 Å². The highest BCUT2D eigenvalue weighted by molar-refractivity contribution is 5.90. The Morgan fingerprint density at radius 1 is 1.24 bits per heavy atom. The molecule has 0 aliphatic heterocycles. The molecule has 0 spiro atoms. The zero-order chi connectivity index (χ0) is 13.2. The summed E-state index contributed by atoms with van der Waals surface area (Å²) >= 11 is 0. The maximum Gasteiger partial charge on any atom is 0.418 e. The Balaban J connectivity index is 0.000000686. The number of alkyl halides is 3. The standard InChI is InChI=1S/C8H4F4N2O.C2H6/c9-3-1-4-6(14-15-7(4)13)5(2-3)8(10,11)12;1-2/h1-2H,13H2;1-2H3. The predicted octanol–water partition coefficient (Wildman–Crippen LogP) is 3.59. The Kier molecular flexibility index (Phi) is 3.59. The second-order valence-corrected chi connectivity index (χ2v) is 2.89. The lowest BCUT2D eigenvalue weighted by Gasteiger charge is -2.06. The number of anilines is 1. The van der Waals surface area contributed by atoms with Crippen LogP contribution < -0.4 is 5.73 Å². The lowest BCUT2D eigenvalue weighted by molar-refractivity contribution is -0.136. The van der Waals surface area contributed by atoms with Crippen LogP contribution >= 0.6 is 0 Å². The van der Waals surface area contributed by atoms with E-state index in [2.05, 4.69) is 9.68 Å². The summed E-state index contributed by atoms with van der Waals surface area (Å²) in [6, 6.07) is 1.20. The monoisotopic (exact) mass is 250 g/mol. The van der Waals surface area contributed by atoms with E-state index >= 15 is 0 Å². The van der Waals surface area contributed by atoms with Crippen LogP contribution in [0, 0.1) is 5.82 Å². The minimum Gasteiger partial charge on any atom is -0.367 e. The summed E-state index contributed by atoms with van der Waals surface area (Å²) in [5.74, 6) is -1.38. The number of fused-ring (bicyclic) bond motifs is 1. The highest BCUT2D eigenvalue weighted by Gasteiger charge is 2.35. The number of aromatic nitrogens is 1. The van der Waals surface area contributed by atoms with Crippen molar-refractivity contribution in [2.75, 3.05) is 5.73 Å². The highest BCUT2D eigenvalue weighted by Crippen LogP contribution is 2.36. The maximum absolute atomic E-state index is 12.9. The SMILES string of the molecule is CC.Nc1onc2c(C(F)(F)F)cc(F)cc12. The molecule has 0 saturated carbocycles. The number of hydrogen-bond donors (Lipinski definition) is 1. The molecule has 1 heterocycles. The van der Waals surface area contributed by atoms with Crippen molar-refractivity contribution in [1.29, 1.82) is 0 Å². The van der Waals surface area contributed by atoms with Crippen LogP contribution in [0.4, 0.5) is 23.4 Å². The van der Waals surface area contributed by atoms with Gasteiger partial charge in [0, 0.05) is 0 Å². The molecule has 17 heavy (non-hydrogen) atoms. The molecule has 0 aliphatic carbocycles. The van der Waals surface area contributed by atoms with Crippen molar-refractivity contribution in [3.63, 3.8) is 0 Å². The molecule has 1 aromatic carbocycles. The molecular formula is C10H10F4N2O. The van der Waals surface area contributed by atoms with Crippen molar-refractivity contribution in [2.24, 2.45) is 0 Å². The highest BCUT2D eigenvalue weighted by atomic mass is 19.4. The Morgan fingerprint density at radius 2 is 1.82 bits per heavy atom. The average molecular weight is 250 g/mol. The second kappa shape index (κ2) is 4.60. The van der Waals surface area contributed by atoms with E-state index in [-0.39, 0.29) is 11.3 Å². The summed E-state index contributed by atoms with van der Waals surface area (Å²) < 4.78 is 54.5. The van der Waals surface area contributed by atoms with Crippen molar-refractivity contribution in [2.45, 2.75) is 20.0 Å². The van der Waals surface area contributed by atoms with Gasteiger partial charge in [-0.05, 0) is 12.1 Å². The van der Waals surface area contributed by atoms with E-state index in [9.17, 15) is 17.6 Å². The van der Waals surface area contributed by atoms with Gasteiger partial charge in [0.15, 0.2) is 0 Å². The number of nitrogen functional groups attached to an aromatic ring is 1.